The number of amides is 3. The quantitative estimate of drug-likeness (QED) is 0.716. The normalized spacial score (nSPS) is 18.9. The van der Waals surface area contributed by atoms with Crippen molar-refractivity contribution in [1.82, 2.24) is 10.2 Å². The summed E-state index contributed by atoms with van der Waals surface area (Å²) in [5.41, 5.74) is 0.0394. The van der Waals surface area contributed by atoms with Crippen molar-refractivity contribution >= 4 is 17.7 Å². The van der Waals surface area contributed by atoms with Crippen LogP contribution < -0.4 is 5.32 Å². The molecule has 0 aromatic rings. The topological polar surface area (TPSA) is 66.5 Å². The zero-order chi connectivity index (χ0) is 13.2. The Morgan fingerprint density at radius 1 is 1.29 bits per heavy atom. The molecule has 0 aromatic heterocycles. The molecule has 96 valence electrons. The first-order valence-electron chi connectivity index (χ1n) is 5.80. The van der Waals surface area contributed by atoms with Crippen LogP contribution in [0.2, 0.25) is 0 Å². The predicted octanol–water partition coefficient (Wildman–Crippen LogP) is 0.544. The van der Waals surface area contributed by atoms with Crippen LogP contribution in [0.5, 0.6) is 0 Å². The Morgan fingerprint density at radius 3 is 2.18 bits per heavy atom. The molecule has 5 heteroatoms. The highest BCUT2D eigenvalue weighted by Crippen LogP contribution is 2.28. The number of carbonyl (C=O) groups excluding carboxylic acids is 3. The van der Waals surface area contributed by atoms with Crippen LogP contribution in [-0.2, 0) is 14.4 Å². The van der Waals surface area contributed by atoms with Crippen LogP contribution >= 0.6 is 0 Å². The maximum Gasteiger partial charge on any atom is 0.246 e. The molecule has 5 nitrogen and oxygen atoms in total. The lowest BCUT2D eigenvalue weighted by molar-refractivity contribution is -0.146. The van der Waals surface area contributed by atoms with Gasteiger partial charge in [-0.25, -0.2) is 0 Å². The lowest BCUT2D eigenvalue weighted by atomic mass is 9.80. The molecule has 1 fully saturated rings. The highest BCUT2D eigenvalue weighted by molar-refractivity contribution is 6.02. The highest BCUT2D eigenvalue weighted by atomic mass is 16.2. The number of hydrogen-bond acceptors (Lipinski definition) is 3. The van der Waals surface area contributed by atoms with E-state index in [1.54, 1.807) is 0 Å². The summed E-state index contributed by atoms with van der Waals surface area (Å²) in [6.45, 7) is 8.18. The standard InChI is InChI=1S/C12H20N2O3/c1-8(12(2,3)4)5-11(17)14-6-9(15)13-10(16)7-14/h8H,5-7H2,1-4H3,(H,13,15,16). The average Bonchev–Trinajstić information content (AvgIpc) is 2.14. The van der Waals surface area contributed by atoms with Gasteiger partial charge in [-0.3, -0.25) is 19.7 Å². The number of piperazine rings is 1. The van der Waals surface area contributed by atoms with Gasteiger partial charge in [-0.15, -0.1) is 0 Å². The lowest BCUT2D eigenvalue weighted by Crippen LogP contribution is -2.53. The number of nitrogens with one attached hydrogen (secondary N) is 1. The molecule has 1 atom stereocenters. The first kappa shape index (κ1) is 13.7. The summed E-state index contributed by atoms with van der Waals surface area (Å²) in [7, 11) is 0. The van der Waals surface area contributed by atoms with Crippen molar-refractivity contribution < 1.29 is 14.4 Å². The minimum atomic E-state index is -0.405. The molecule has 1 rings (SSSR count). The van der Waals surface area contributed by atoms with Gasteiger partial charge in [-0.05, 0) is 11.3 Å². The van der Waals surface area contributed by atoms with Crippen molar-refractivity contribution in [3.63, 3.8) is 0 Å². The molecular formula is C12H20N2O3. The van der Waals surface area contributed by atoms with Gasteiger partial charge in [-0.2, -0.15) is 0 Å². The molecule has 3 amide bonds. The van der Waals surface area contributed by atoms with Crippen LogP contribution in [0, 0.1) is 11.3 Å². The van der Waals surface area contributed by atoms with Gasteiger partial charge in [0.2, 0.25) is 17.7 Å². The second kappa shape index (κ2) is 4.85. The molecule has 1 heterocycles. The Morgan fingerprint density at radius 2 is 1.76 bits per heavy atom. The molecule has 1 aliphatic heterocycles. The third kappa shape index (κ3) is 3.84. The largest absolute Gasteiger partial charge is 0.324 e. The fourth-order valence-electron chi connectivity index (χ4n) is 1.51. The number of rotatable bonds is 2. The second-order valence-electron chi connectivity index (χ2n) is 5.69. The summed E-state index contributed by atoms with van der Waals surface area (Å²) in [4.78, 5) is 35.6. The molecule has 17 heavy (non-hydrogen) atoms. The fourth-order valence-corrected chi connectivity index (χ4v) is 1.51. The van der Waals surface area contributed by atoms with E-state index in [0.29, 0.717) is 6.42 Å². The van der Waals surface area contributed by atoms with Gasteiger partial charge >= 0.3 is 0 Å². The molecular weight excluding hydrogens is 220 g/mol. The van der Waals surface area contributed by atoms with Crippen molar-refractivity contribution in [2.24, 2.45) is 11.3 Å². The van der Waals surface area contributed by atoms with Crippen molar-refractivity contribution in [1.29, 1.82) is 0 Å². The molecule has 0 saturated carbocycles. The third-order valence-corrected chi connectivity index (χ3v) is 3.26. The Balaban J connectivity index is 2.59. The Labute approximate surface area is 102 Å². The zero-order valence-corrected chi connectivity index (χ0v) is 10.9. The summed E-state index contributed by atoms with van der Waals surface area (Å²) in [6.07, 6.45) is 0.365. The van der Waals surface area contributed by atoms with Gasteiger partial charge in [0.1, 0.15) is 13.1 Å². The molecule has 1 aliphatic rings. The summed E-state index contributed by atoms with van der Waals surface area (Å²) in [6, 6.07) is 0. The highest BCUT2D eigenvalue weighted by Gasteiger charge is 2.29. The zero-order valence-electron chi connectivity index (χ0n) is 10.9. The number of nitrogens with zero attached hydrogens (tertiary/aromatic N) is 1. The Kier molecular flexibility index (Phi) is 3.91. The Hall–Kier alpha value is -1.39. The van der Waals surface area contributed by atoms with E-state index in [1.165, 1.54) is 4.90 Å². The van der Waals surface area contributed by atoms with Gasteiger partial charge in [0.25, 0.3) is 0 Å². The van der Waals surface area contributed by atoms with Crippen molar-refractivity contribution in [2.75, 3.05) is 13.1 Å². The monoisotopic (exact) mass is 240 g/mol. The van der Waals surface area contributed by atoms with E-state index in [1.807, 2.05) is 6.92 Å². The van der Waals surface area contributed by atoms with Crippen LogP contribution in [0.25, 0.3) is 0 Å². The molecule has 0 aromatic carbocycles. The van der Waals surface area contributed by atoms with Crippen LogP contribution in [0.3, 0.4) is 0 Å². The first-order chi connectivity index (χ1) is 7.70. The molecule has 0 bridgehead atoms. The summed E-state index contributed by atoms with van der Waals surface area (Å²) >= 11 is 0. The maximum absolute atomic E-state index is 11.9. The summed E-state index contributed by atoms with van der Waals surface area (Å²) in [5.74, 6) is -0.735. The molecule has 0 radical (unpaired) electrons. The van der Waals surface area contributed by atoms with E-state index in [2.05, 4.69) is 26.1 Å². The SMILES string of the molecule is CC(CC(=O)N1CC(=O)NC(=O)C1)C(C)(C)C. The average molecular weight is 240 g/mol. The minimum absolute atomic E-state index is 0.0125. The fraction of sp³-hybridized carbons (Fsp3) is 0.750. The number of imide groups is 1. The third-order valence-electron chi connectivity index (χ3n) is 3.26. The van der Waals surface area contributed by atoms with Crippen LogP contribution in [0.15, 0.2) is 0 Å². The number of hydrogen-bond donors (Lipinski definition) is 1. The molecule has 0 spiro atoms. The van der Waals surface area contributed by atoms with Crippen molar-refractivity contribution in [2.45, 2.75) is 34.1 Å². The van der Waals surface area contributed by atoms with Crippen molar-refractivity contribution in [3.05, 3.63) is 0 Å². The molecule has 0 aliphatic carbocycles. The Bertz CT molecular complexity index is 328. The van der Waals surface area contributed by atoms with E-state index in [4.69, 9.17) is 0 Å². The van der Waals surface area contributed by atoms with Gasteiger partial charge in [0.15, 0.2) is 0 Å². The molecule has 1 N–H and O–H groups in total. The van der Waals surface area contributed by atoms with Crippen LogP contribution in [0.1, 0.15) is 34.1 Å². The van der Waals surface area contributed by atoms with Crippen molar-refractivity contribution in [3.8, 4) is 0 Å². The van der Waals surface area contributed by atoms with E-state index in [0.717, 1.165) is 0 Å². The maximum atomic E-state index is 11.9. The van der Waals surface area contributed by atoms with Crippen LogP contribution in [0.4, 0.5) is 0 Å². The first-order valence-corrected chi connectivity index (χ1v) is 5.80. The minimum Gasteiger partial charge on any atom is -0.324 e. The van der Waals surface area contributed by atoms with E-state index < -0.39 is 11.8 Å². The molecule has 1 saturated heterocycles. The van der Waals surface area contributed by atoms with E-state index >= 15 is 0 Å². The smallest absolute Gasteiger partial charge is 0.246 e. The summed E-state index contributed by atoms with van der Waals surface area (Å²) in [5, 5.41) is 2.18. The number of carbonyl (C=O) groups is 3. The molecule has 1 unspecified atom stereocenters. The second-order valence-corrected chi connectivity index (χ2v) is 5.69. The van der Waals surface area contributed by atoms with E-state index in [-0.39, 0.29) is 30.3 Å². The predicted molar refractivity (Wildman–Crippen MR) is 63.0 cm³/mol. The van der Waals surface area contributed by atoms with Gasteiger partial charge in [0.05, 0.1) is 0 Å². The van der Waals surface area contributed by atoms with Crippen LogP contribution in [-0.4, -0.2) is 35.7 Å². The summed E-state index contributed by atoms with van der Waals surface area (Å²) < 4.78 is 0. The van der Waals surface area contributed by atoms with Gasteiger partial charge in [0, 0.05) is 6.42 Å². The lowest BCUT2D eigenvalue weighted by Gasteiger charge is -2.30. The van der Waals surface area contributed by atoms with Gasteiger partial charge < -0.3 is 4.90 Å². The van der Waals surface area contributed by atoms with E-state index in [9.17, 15) is 14.4 Å². The van der Waals surface area contributed by atoms with Gasteiger partial charge in [-0.1, -0.05) is 27.7 Å².